The number of nitrogens with zero attached hydrogens (tertiary/aromatic N) is 5. The van der Waals surface area contributed by atoms with Gasteiger partial charge in [-0.2, -0.15) is 10.1 Å². The minimum absolute atomic E-state index is 0.0239. The van der Waals surface area contributed by atoms with E-state index in [1.807, 2.05) is 26.0 Å². The fourth-order valence-electron chi connectivity index (χ4n) is 4.28. The van der Waals surface area contributed by atoms with E-state index in [1.165, 1.54) is 37.6 Å². The van der Waals surface area contributed by atoms with Gasteiger partial charge in [0.15, 0.2) is 0 Å². The minimum atomic E-state index is 0.0239. The summed E-state index contributed by atoms with van der Waals surface area (Å²) in [6.45, 7) is 7.13. The Morgan fingerprint density at radius 3 is 2.67 bits per heavy atom. The molecule has 1 aromatic carbocycles. The molecule has 1 amide bonds. The first-order valence-corrected chi connectivity index (χ1v) is 10.9. The molecule has 3 aromatic rings. The van der Waals surface area contributed by atoms with Crippen molar-refractivity contribution in [2.24, 2.45) is 0 Å². The van der Waals surface area contributed by atoms with Gasteiger partial charge in [0.25, 0.3) is 5.78 Å². The molecule has 2 aromatic heterocycles. The van der Waals surface area contributed by atoms with E-state index in [2.05, 4.69) is 37.4 Å². The summed E-state index contributed by atoms with van der Waals surface area (Å²) in [6.07, 6.45) is 7.70. The third-order valence-corrected chi connectivity index (χ3v) is 5.97. The second-order valence-corrected chi connectivity index (χ2v) is 8.13. The Bertz CT molecular complexity index is 1020. The standard InChI is InChI=1S/C23H30N6O/c1-17-20(18(2)29-23(26-17)24-16-25-29)11-12-22(30)27-21-10-6-5-9-19(21)15-28-13-7-3-4-8-14-28/h5-6,9-10,16H,3-4,7-8,11-15H2,1-2H3,(H,27,30). The number of fused-ring (bicyclic) bond motifs is 1. The monoisotopic (exact) mass is 406 g/mol. The van der Waals surface area contributed by atoms with Gasteiger partial charge in [0.2, 0.25) is 5.91 Å². The summed E-state index contributed by atoms with van der Waals surface area (Å²) >= 11 is 0. The number of likely N-dealkylation sites (tertiary alicyclic amines) is 1. The molecular weight excluding hydrogens is 376 g/mol. The maximum Gasteiger partial charge on any atom is 0.252 e. The summed E-state index contributed by atoms with van der Waals surface area (Å²) < 4.78 is 1.73. The number of hydrogen-bond donors (Lipinski definition) is 1. The second kappa shape index (κ2) is 9.34. The van der Waals surface area contributed by atoms with Crippen LogP contribution in [-0.4, -0.2) is 43.5 Å². The lowest BCUT2D eigenvalue weighted by atomic mass is 10.1. The van der Waals surface area contributed by atoms with Crippen LogP contribution in [0.15, 0.2) is 30.6 Å². The van der Waals surface area contributed by atoms with Gasteiger partial charge in [-0.15, -0.1) is 0 Å². The predicted octanol–water partition coefficient (Wildman–Crippen LogP) is 3.69. The summed E-state index contributed by atoms with van der Waals surface area (Å²) in [4.78, 5) is 23.9. The van der Waals surface area contributed by atoms with Gasteiger partial charge in [0.05, 0.1) is 0 Å². The first-order valence-electron chi connectivity index (χ1n) is 10.9. The summed E-state index contributed by atoms with van der Waals surface area (Å²) in [6, 6.07) is 8.16. The number of carbonyl (C=O) groups excluding carboxylic acids is 1. The highest BCUT2D eigenvalue weighted by Gasteiger charge is 2.15. The normalized spacial score (nSPS) is 15.3. The molecule has 0 unspecified atom stereocenters. The van der Waals surface area contributed by atoms with Crippen LogP contribution in [0.2, 0.25) is 0 Å². The number of hydrogen-bond acceptors (Lipinski definition) is 5. The minimum Gasteiger partial charge on any atom is -0.326 e. The molecule has 3 heterocycles. The average Bonchev–Trinajstić information content (AvgIpc) is 3.05. The number of benzene rings is 1. The highest BCUT2D eigenvalue weighted by molar-refractivity contribution is 5.91. The van der Waals surface area contributed by atoms with Crippen LogP contribution in [0.25, 0.3) is 5.78 Å². The molecule has 30 heavy (non-hydrogen) atoms. The van der Waals surface area contributed by atoms with E-state index in [-0.39, 0.29) is 5.91 Å². The average molecular weight is 407 g/mol. The molecular formula is C23H30N6O. The maximum atomic E-state index is 12.7. The molecule has 1 fully saturated rings. The Balaban J connectivity index is 1.41. The molecule has 4 rings (SSSR count). The van der Waals surface area contributed by atoms with Crippen molar-refractivity contribution in [2.45, 2.75) is 58.9 Å². The lowest BCUT2D eigenvalue weighted by Crippen LogP contribution is -2.25. The number of aryl methyl sites for hydroxylation is 2. The van der Waals surface area contributed by atoms with E-state index in [0.29, 0.717) is 18.6 Å². The molecule has 0 bridgehead atoms. The third-order valence-electron chi connectivity index (χ3n) is 5.97. The van der Waals surface area contributed by atoms with Crippen molar-refractivity contribution in [1.29, 1.82) is 0 Å². The maximum absolute atomic E-state index is 12.7. The SMILES string of the molecule is Cc1nc2ncnn2c(C)c1CCC(=O)Nc1ccccc1CN1CCCCCC1. The Hall–Kier alpha value is -2.80. The molecule has 7 nitrogen and oxygen atoms in total. The van der Waals surface area contributed by atoms with E-state index >= 15 is 0 Å². The molecule has 7 heteroatoms. The number of rotatable bonds is 6. The zero-order chi connectivity index (χ0) is 20.9. The van der Waals surface area contributed by atoms with Gasteiger partial charge in [-0.3, -0.25) is 9.69 Å². The van der Waals surface area contributed by atoms with Gasteiger partial charge in [-0.1, -0.05) is 31.0 Å². The first-order chi connectivity index (χ1) is 14.6. The van der Waals surface area contributed by atoms with E-state index in [0.717, 1.165) is 42.3 Å². The molecule has 0 spiro atoms. The van der Waals surface area contributed by atoms with Crippen LogP contribution in [0.1, 0.15) is 54.6 Å². The van der Waals surface area contributed by atoms with Crippen molar-refractivity contribution >= 4 is 17.4 Å². The van der Waals surface area contributed by atoms with Crippen LogP contribution in [0.5, 0.6) is 0 Å². The Labute approximate surface area is 177 Å². The highest BCUT2D eigenvalue weighted by Crippen LogP contribution is 2.21. The highest BCUT2D eigenvalue weighted by atomic mass is 16.1. The predicted molar refractivity (Wildman–Crippen MR) is 117 cm³/mol. The molecule has 1 aliphatic heterocycles. The van der Waals surface area contributed by atoms with Crippen molar-refractivity contribution in [2.75, 3.05) is 18.4 Å². The van der Waals surface area contributed by atoms with E-state index in [9.17, 15) is 4.79 Å². The summed E-state index contributed by atoms with van der Waals surface area (Å²) in [7, 11) is 0. The van der Waals surface area contributed by atoms with Gasteiger partial charge in [-0.05, 0) is 63.4 Å². The van der Waals surface area contributed by atoms with Crippen molar-refractivity contribution in [3.8, 4) is 0 Å². The number of nitrogens with one attached hydrogen (secondary N) is 1. The van der Waals surface area contributed by atoms with Gasteiger partial charge in [-0.25, -0.2) is 9.50 Å². The quantitative estimate of drug-likeness (QED) is 0.676. The van der Waals surface area contributed by atoms with Crippen LogP contribution in [0.4, 0.5) is 5.69 Å². The lowest BCUT2D eigenvalue weighted by Gasteiger charge is -2.21. The van der Waals surface area contributed by atoms with E-state index in [4.69, 9.17) is 0 Å². The molecule has 0 saturated carbocycles. The van der Waals surface area contributed by atoms with Crippen molar-refractivity contribution in [3.63, 3.8) is 0 Å². The summed E-state index contributed by atoms with van der Waals surface area (Å²) in [5.74, 6) is 0.622. The lowest BCUT2D eigenvalue weighted by molar-refractivity contribution is -0.116. The molecule has 1 saturated heterocycles. The van der Waals surface area contributed by atoms with Gasteiger partial charge in [0, 0.05) is 30.0 Å². The number of carbonyl (C=O) groups is 1. The third kappa shape index (κ3) is 4.67. The molecule has 158 valence electrons. The molecule has 1 N–H and O–H groups in total. The molecule has 1 aliphatic rings. The van der Waals surface area contributed by atoms with Gasteiger partial charge >= 0.3 is 0 Å². The Morgan fingerprint density at radius 2 is 1.87 bits per heavy atom. The summed E-state index contributed by atoms with van der Waals surface area (Å²) in [5, 5.41) is 7.36. The molecule has 0 radical (unpaired) electrons. The smallest absolute Gasteiger partial charge is 0.252 e. The number of aromatic nitrogens is 4. The van der Waals surface area contributed by atoms with Crippen LogP contribution < -0.4 is 5.32 Å². The molecule has 0 atom stereocenters. The van der Waals surface area contributed by atoms with Gasteiger partial charge < -0.3 is 5.32 Å². The van der Waals surface area contributed by atoms with Crippen LogP contribution in [0.3, 0.4) is 0 Å². The van der Waals surface area contributed by atoms with E-state index < -0.39 is 0 Å². The van der Waals surface area contributed by atoms with Crippen molar-refractivity contribution in [1.82, 2.24) is 24.5 Å². The van der Waals surface area contributed by atoms with Gasteiger partial charge in [0.1, 0.15) is 6.33 Å². The molecule has 0 aliphatic carbocycles. The van der Waals surface area contributed by atoms with Crippen molar-refractivity contribution < 1.29 is 4.79 Å². The van der Waals surface area contributed by atoms with Crippen molar-refractivity contribution in [3.05, 3.63) is 53.1 Å². The zero-order valence-corrected chi connectivity index (χ0v) is 17.9. The fourth-order valence-corrected chi connectivity index (χ4v) is 4.28. The van der Waals surface area contributed by atoms with Crippen LogP contribution in [0, 0.1) is 13.8 Å². The number of amides is 1. The fraction of sp³-hybridized carbons (Fsp3) is 0.478. The van der Waals surface area contributed by atoms with Crippen LogP contribution >= 0.6 is 0 Å². The number of para-hydroxylation sites is 1. The number of anilines is 1. The van der Waals surface area contributed by atoms with E-state index in [1.54, 1.807) is 4.52 Å². The Morgan fingerprint density at radius 1 is 1.10 bits per heavy atom. The Kier molecular flexibility index (Phi) is 6.38. The largest absolute Gasteiger partial charge is 0.326 e. The van der Waals surface area contributed by atoms with Crippen LogP contribution in [-0.2, 0) is 17.8 Å². The first kappa shape index (κ1) is 20.5. The topological polar surface area (TPSA) is 75.4 Å². The second-order valence-electron chi connectivity index (χ2n) is 8.13. The summed E-state index contributed by atoms with van der Waals surface area (Å²) in [5.41, 5.74) is 5.06. The zero-order valence-electron chi connectivity index (χ0n) is 17.9.